The highest BCUT2D eigenvalue weighted by atomic mass is 28.4. The summed E-state index contributed by atoms with van der Waals surface area (Å²) in [4.78, 5) is 0. The molecule has 140 valence electrons. The summed E-state index contributed by atoms with van der Waals surface area (Å²) in [6, 6.07) is 0.955. The summed E-state index contributed by atoms with van der Waals surface area (Å²) in [5.41, 5.74) is 0. The molecule has 0 saturated heterocycles. The fraction of sp³-hybridized carbons (Fsp3) is 1.00. The second-order valence-corrected chi connectivity index (χ2v) is 8.49. The molecule has 0 aliphatic rings. The predicted molar refractivity (Wildman–Crippen MR) is 98.9 cm³/mol. The molecule has 0 aliphatic carbocycles. The Kier molecular flexibility index (Phi) is 16.9. The molecule has 0 rings (SSSR count). The van der Waals surface area contributed by atoms with E-state index >= 15 is 0 Å². The van der Waals surface area contributed by atoms with Gasteiger partial charge in [0.1, 0.15) is 0 Å². The predicted octanol–water partition coefficient (Wildman–Crippen LogP) is 5.19. The SMILES string of the molecule is CCOCCCCCCCCCC[Si](OCC)(OCC)OCC. The molecule has 0 aromatic carbocycles. The van der Waals surface area contributed by atoms with Gasteiger partial charge in [0.05, 0.1) is 0 Å². The lowest BCUT2D eigenvalue weighted by atomic mass is 10.1. The van der Waals surface area contributed by atoms with Gasteiger partial charge in [-0.3, -0.25) is 0 Å². The topological polar surface area (TPSA) is 36.9 Å². The van der Waals surface area contributed by atoms with Crippen molar-refractivity contribution >= 4 is 8.80 Å². The van der Waals surface area contributed by atoms with Crippen LogP contribution >= 0.6 is 0 Å². The maximum Gasteiger partial charge on any atom is 0.500 e. The Labute approximate surface area is 145 Å². The molecule has 0 radical (unpaired) electrons. The Bertz CT molecular complexity index is 222. The molecule has 0 bridgehead atoms. The highest BCUT2D eigenvalue weighted by Crippen LogP contribution is 2.20. The molecule has 0 saturated carbocycles. The summed E-state index contributed by atoms with van der Waals surface area (Å²) >= 11 is 0. The smallest absolute Gasteiger partial charge is 0.382 e. The van der Waals surface area contributed by atoms with Gasteiger partial charge in [-0.25, -0.2) is 0 Å². The lowest BCUT2D eigenvalue weighted by molar-refractivity contribution is 0.0706. The molecule has 4 nitrogen and oxygen atoms in total. The summed E-state index contributed by atoms with van der Waals surface area (Å²) in [7, 11) is -2.40. The molecular formula is C18H40O4Si. The second-order valence-electron chi connectivity index (χ2n) is 5.76. The lowest BCUT2D eigenvalue weighted by Crippen LogP contribution is -2.45. The van der Waals surface area contributed by atoms with Gasteiger partial charge in [0.15, 0.2) is 0 Å². The number of hydrogen-bond donors (Lipinski definition) is 0. The number of ether oxygens (including phenoxy) is 1. The van der Waals surface area contributed by atoms with Crippen LogP contribution in [0.4, 0.5) is 0 Å². The summed E-state index contributed by atoms with van der Waals surface area (Å²) in [5, 5.41) is 0. The summed E-state index contributed by atoms with van der Waals surface area (Å²) in [5.74, 6) is 0. The summed E-state index contributed by atoms with van der Waals surface area (Å²) < 4.78 is 23.0. The van der Waals surface area contributed by atoms with E-state index in [9.17, 15) is 0 Å². The van der Waals surface area contributed by atoms with Gasteiger partial charge in [-0.2, -0.15) is 0 Å². The van der Waals surface area contributed by atoms with E-state index in [1.54, 1.807) is 0 Å². The summed E-state index contributed by atoms with van der Waals surface area (Å²) in [6.07, 6.45) is 10.2. The Balaban J connectivity index is 3.65. The third-order valence-electron chi connectivity index (χ3n) is 3.82. The van der Waals surface area contributed by atoms with E-state index in [0.717, 1.165) is 25.7 Å². The Morgan fingerprint density at radius 3 is 1.39 bits per heavy atom. The van der Waals surface area contributed by atoms with Crippen LogP contribution in [-0.4, -0.2) is 41.8 Å². The van der Waals surface area contributed by atoms with Crippen LogP contribution in [0, 0.1) is 0 Å². The van der Waals surface area contributed by atoms with Crippen molar-refractivity contribution < 1.29 is 18.0 Å². The molecule has 0 fully saturated rings. The molecule has 23 heavy (non-hydrogen) atoms. The van der Waals surface area contributed by atoms with E-state index in [-0.39, 0.29) is 0 Å². The van der Waals surface area contributed by atoms with Gasteiger partial charge in [0.2, 0.25) is 0 Å². The van der Waals surface area contributed by atoms with Crippen LogP contribution in [-0.2, 0) is 18.0 Å². The van der Waals surface area contributed by atoms with Gasteiger partial charge < -0.3 is 18.0 Å². The minimum Gasteiger partial charge on any atom is -0.382 e. The van der Waals surface area contributed by atoms with Crippen molar-refractivity contribution in [2.45, 2.75) is 85.1 Å². The van der Waals surface area contributed by atoms with Crippen LogP contribution < -0.4 is 0 Å². The van der Waals surface area contributed by atoms with Gasteiger partial charge in [-0.15, -0.1) is 0 Å². The first-order valence-electron chi connectivity index (χ1n) is 9.74. The van der Waals surface area contributed by atoms with Crippen molar-refractivity contribution in [2.24, 2.45) is 0 Å². The van der Waals surface area contributed by atoms with Gasteiger partial charge in [0, 0.05) is 39.1 Å². The third kappa shape index (κ3) is 13.1. The molecule has 0 aromatic rings. The first-order chi connectivity index (χ1) is 11.2. The molecule has 0 spiro atoms. The lowest BCUT2D eigenvalue weighted by Gasteiger charge is -2.28. The van der Waals surface area contributed by atoms with E-state index in [1.165, 1.54) is 44.9 Å². The van der Waals surface area contributed by atoms with Crippen molar-refractivity contribution in [2.75, 3.05) is 33.0 Å². The first-order valence-corrected chi connectivity index (χ1v) is 11.7. The molecule has 0 amide bonds. The van der Waals surface area contributed by atoms with Crippen LogP contribution in [0.25, 0.3) is 0 Å². The quantitative estimate of drug-likeness (QED) is 0.252. The Morgan fingerprint density at radius 1 is 0.522 bits per heavy atom. The molecular weight excluding hydrogens is 308 g/mol. The summed E-state index contributed by atoms with van der Waals surface area (Å²) in [6.45, 7) is 11.9. The molecule has 0 heterocycles. The minimum absolute atomic E-state index is 0.675. The van der Waals surface area contributed by atoms with Crippen LogP contribution in [0.2, 0.25) is 6.04 Å². The van der Waals surface area contributed by atoms with Gasteiger partial charge in [-0.05, 0) is 40.5 Å². The fourth-order valence-electron chi connectivity index (χ4n) is 2.75. The van der Waals surface area contributed by atoms with Crippen molar-refractivity contribution in [3.8, 4) is 0 Å². The fourth-order valence-corrected chi connectivity index (χ4v) is 5.44. The van der Waals surface area contributed by atoms with E-state index in [0.29, 0.717) is 19.8 Å². The number of hydrogen-bond acceptors (Lipinski definition) is 4. The van der Waals surface area contributed by atoms with Crippen LogP contribution in [0.3, 0.4) is 0 Å². The van der Waals surface area contributed by atoms with Crippen LogP contribution in [0.1, 0.15) is 79.1 Å². The number of unbranched alkanes of at least 4 members (excludes halogenated alkanes) is 7. The zero-order chi connectivity index (χ0) is 17.2. The molecule has 0 unspecified atom stereocenters. The second kappa shape index (κ2) is 16.9. The standard InChI is InChI=1S/C18H40O4Si/c1-5-19-17-15-13-11-9-10-12-14-16-18-23(20-6-2,21-7-3)22-8-4/h5-18H2,1-4H3. The maximum atomic E-state index is 5.88. The normalized spacial score (nSPS) is 12.0. The van der Waals surface area contributed by atoms with Crippen LogP contribution in [0.15, 0.2) is 0 Å². The molecule has 0 aromatic heterocycles. The van der Waals surface area contributed by atoms with Crippen LogP contribution in [0.5, 0.6) is 0 Å². The third-order valence-corrected chi connectivity index (χ3v) is 6.97. The highest BCUT2D eigenvalue weighted by Gasteiger charge is 2.39. The molecule has 0 atom stereocenters. The number of rotatable bonds is 18. The first kappa shape index (κ1) is 23.1. The van der Waals surface area contributed by atoms with Crippen molar-refractivity contribution in [3.05, 3.63) is 0 Å². The van der Waals surface area contributed by atoms with Crippen molar-refractivity contribution in [1.82, 2.24) is 0 Å². The van der Waals surface area contributed by atoms with Gasteiger partial charge in [0.25, 0.3) is 0 Å². The largest absolute Gasteiger partial charge is 0.500 e. The van der Waals surface area contributed by atoms with Gasteiger partial charge >= 0.3 is 8.80 Å². The average Bonchev–Trinajstić information content (AvgIpc) is 2.53. The van der Waals surface area contributed by atoms with E-state index in [4.69, 9.17) is 18.0 Å². The minimum atomic E-state index is -2.40. The molecule has 0 aliphatic heterocycles. The van der Waals surface area contributed by atoms with E-state index < -0.39 is 8.80 Å². The Morgan fingerprint density at radius 2 is 0.957 bits per heavy atom. The maximum absolute atomic E-state index is 5.88. The monoisotopic (exact) mass is 348 g/mol. The van der Waals surface area contributed by atoms with Crippen molar-refractivity contribution in [1.29, 1.82) is 0 Å². The molecule has 5 heteroatoms. The zero-order valence-electron chi connectivity index (χ0n) is 16.0. The average molecular weight is 349 g/mol. The van der Waals surface area contributed by atoms with E-state index in [2.05, 4.69) is 6.92 Å². The zero-order valence-corrected chi connectivity index (χ0v) is 17.0. The van der Waals surface area contributed by atoms with Gasteiger partial charge in [-0.1, -0.05) is 38.5 Å². The highest BCUT2D eigenvalue weighted by molar-refractivity contribution is 6.60. The van der Waals surface area contributed by atoms with Crippen molar-refractivity contribution in [3.63, 3.8) is 0 Å². The molecule has 0 N–H and O–H groups in total. The van der Waals surface area contributed by atoms with E-state index in [1.807, 2.05) is 20.8 Å². The Hall–Kier alpha value is 0.0569.